The highest BCUT2D eigenvalue weighted by Gasteiger charge is 2.37. The summed E-state index contributed by atoms with van der Waals surface area (Å²) in [4.78, 5) is 0. The van der Waals surface area contributed by atoms with Crippen molar-refractivity contribution in [3.63, 3.8) is 0 Å². The van der Waals surface area contributed by atoms with Gasteiger partial charge in [0.15, 0.2) is 0 Å². The first kappa shape index (κ1) is 14.0. The topological polar surface area (TPSA) is 21.3 Å². The van der Waals surface area contributed by atoms with Crippen LogP contribution in [0.3, 0.4) is 0 Å². The van der Waals surface area contributed by atoms with E-state index in [2.05, 4.69) is 39.9 Å². The second-order valence-electron chi connectivity index (χ2n) is 6.16. The molecule has 2 nitrogen and oxygen atoms in total. The second-order valence-corrected chi connectivity index (χ2v) is 6.16. The smallest absolute Gasteiger partial charge is 0.0815 e. The van der Waals surface area contributed by atoms with E-state index in [0.29, 0.717) is 17.9 Å². The van der Waals surface area contributed by atoms with Crippen LogP contribution in [0.15, 0.2) is 0 Å². The van der Waals surface area contributed by atoms with Crippen LogP contribution in [0.4, 0.5) is 0 Å². The zero-order valence-corrected chi connectivity index (χ0v) is 11.7. The van der Waals surface area contributed by atoms with Crippen molar-refractivity contribution in [2.45, 2.75) is 65.6 Å². The van der Waals surface area contributed by atoms with E-state index in [9.17, 15) is 0 Å². The lowest BCUT2D eigenvalue weighted by Crippen LogP contribution is -2.54. The first-order valence-electron chi connectivity index (χ1n) is 6.86. The van der Waals surface area contributed by atoms with Gasteiger partial charge in [0.2, 0.25) is 0 Å². The van der Waals surface area contributed by atoms with Crippen LogP contribution < -0.4 is 5.32 Å². The summed E-state index contributed by atoms with van der Waals surface area (Å²) < 4.78 is 6.38. The van der Waals surface area contributed by atoms with Crippen molar-refractivity contribution in [3.8, 4) is 0 Å². The first-order chi connectivity index (χ1) is 7.47. The van der Waals surface area contributed by atoms with Crippen molar-refractivity contribution in [1.29, 1.82) is 0 Å². The number of rotatable bonds is 5. The van der Waals surface area contributed by atoms with E-state index >= 15 is 0 Å². The molecule has 1 fully saturated rings. The number of nitrogens with one attached hydrogen (secondary N) is 1. The van der Waals surface area contributed by atoms with Crippen molar-refractivity contribution in [2.24, 2.45) is 11.8 Å². The van der Waals surface area contributed by atoms with Crippen molar-refractivity contribution in [2.75, 3.05) is 13.1 Å². The second kappa shape index (κ2) is 6.02. The number of hydrogen-bond acceptors (Lipinski definition) is 2. The third kappa shape index (κ3) is 4.06. The lowest BCUT2D eigenvalue weighted by molar-refractivity contribution is -0.135. The largest absolute Gasteiger partial charge is 0.369 e. The number of morpholine rings is 1. The zero-order chi connectivity index (χ0) is 12.2. The highest BCUT2D eigenvalue weighted by molar-refractivity contribution is 4.90. The van der Waals surface area contributed by atoms with E-state index in [-0.39, 0.29) is 5.60 Å². The van der Waals surface area contributed by atoms with Crippen LogP contribution in [-0.4, -0.2) is 24.8 Å². The predicted molar refractivity (Wildman–Crippen MR) is 69.7 cm³/mol. The molecule has 1 unspecified atom stereocenters. The minimum absolute atomic E-state index is 0.0846. The average Bonchev–Trinajstić information content (AvgIpc) is 2.15. The fourth-order valence-corrected chi connectivity index (χ4v) is 2.94. The minimum Gasteiger partial charge on any atom is -0.369 e. The van der Waals surface area contributed by atoms with Gasteiger partial charge in [0, 0.05) is 13.1 Å². The Hall–Kier alpha value is -0.0800. The van der Waals surface area contributed by atoms with Crippen molar-refractivity contribution >= 4 is 0 Å². The molecule has 96 valence electrons. The molecule has 0 amide bonds. The Labute approximate surface area is 101 Å². The van der Waals surface area contributed by atoms with Gasteiger partial charge in [0.25, 0.3) is 0 Å². The molecule has 1 rings (SSSR count). The van der Waals surface area contributed by atoms with Crippen molar-refractivity contribution in [3.05, 3.63) is 0 Å². The van der Waals surface area contributed by atoms with Gasteiger partial charge >= 0.3 is 0 Å². The molecule has 0 aromatic heterocycles. The van der Waals surface area contributed by atoms with E-state index in [1.807, 2.05) is 0 Å². The van der Waals surface area contributed by atoms with E-state index in [4.69, 9.17) is 4.74 Å². The summed E-state index contributed by atoms with van der Waals surface area (Å²) in [5.41, 5.74) is 0.0846. The maximum absolute atomic E-state index is 6.38. The molecule has 0 aromatic carbocycles. The Kier molecular flexibility index (Phi) is 5.26. The molecule has 1 aliphatic heterocycles. The van der Waals surface area contributed by atoms with Crippen LogP contribution in [0.5, 0.6) is 0 Å². The highest BCUT2D eigenvalue weighted by Crippen LogP contribution is 2.32. The standard InChI is InChI=1S/C14H29NO/c1-6-13-9-15-10-14(16-13,7-11(2)3)8-12(4)5/h11-13,15H,6-10H2,1-5H3. The third-order valence-electron chi connectivity index (χ3n) is 3.25. The predicted octanol–water partition coefficient (Wildman–Crippen LogP) is 3.22. The van der Waals surface area contributed by atoms with Gasteiger partial charge in [-0.05, 0) is 31.1 Å². The molecule has 0 radical (unpaired) electrons. The van der Waals surface area contributed by atoms with E-state index in [1.54, 1.807) is 0 Å². The average molecular weight is 227 g/mol. The van der Waals surface area contributed by atoms with Gasteiger partial charge in [0.1, 0.15) is 0 Å². The molecule has 1 aliphatic rings. The molecule has 0 spiro atoms. The van der Waals surface area contributed by atoms with Crippen LogP contribution in [0.2, 0.25) is 0 Å². The summed E-state index contributed by atoms with van der Waals surface area (Å²) in [7, 11) is 0. The van der Waals surface area contributed by atoms with Crippen LogP contribution in [0, 0.1) is 11.8 Å². The Balaban J connectivity index is 2.68. The molecule has 1 N–H and O–H groups in total. The molecule has 0 saturated carbocycles. The van der Waals surface area contributed by atoms with Gasteiger partial charge in [0.05, 0.1) is 11.7 Å². The first-order valence-corrected chi connectivity index (χ1v) is 6.86. The number of ether oxygens (including phenoxy) is 1. The van der Waals surface area contributed by atoms with E-state index < -0.39 is 0 Å². The van der Waals surface area contributed by atoms with E-state index in [1.165, 1.54) is 12.8 Å². The summed E-state index contributed by atoms with van der Waals surface area (Å²) >= 11 is 0. The summed E-state index contributed by atoms with van der Waals surface area (Å²) in [6, 6.07) is 0. The summed E-state index contributed by atoms with van der Waals surface area (Å²) in [5.74, 6) is 1.41. The molecule has 1 heterocycles. The van der Waals surface area contributed by atoms with Crippen molar-refractivity contribution < 1.29 is 4.74 Å². The van der Waals surface area contributed by atoms with Crippen LogP contribution in [0.1, 0.15) is 53.9 Å². The Bertz CT molecular complexity index is 191. The van der Waals surface area contributed by atoms with E-state index in [0.717, 1.165) is 19.5 Å². The molecular weight excluding hydrogens is 198 g/mol. The lowest BCUT2D eigenvalue weighted by atomic mass is 9.83. The molecule has 0 bridgehead atoms. The number of hydrogen-bond donors (Lipinski definition) is 1. The maximum atomic E-state index is 6.38. The van der Waals surface area contributed by atoms with Gasteiger partial charge in [-0.15, -0.1) is 0 Å². The quantitative estimate of drug-likeness (QED) is 0.778. The van der Waals surface area contributed by atoms with Gasteiger partial charge < -0.3 is 10.1 Å². The van der Waals surface area contributed by atoms with Crippen LogP contribution in [-0.2, 0) is 4.74 Å². The molecule has 16 heavy (non-hydrogen) atoms. The lowest BCUT2D eigenvalue weighted by Gasteiger charge is -2.44. The maximum Gasteiger partial charge on any atom is 0.0815 e. The minimum atomic E-state index is 0.0846. The normalized spacial score (nSPS) is 25.3. The fraction of sp³-hybridized carbons (Fsp3) is 1.00. The molecule has 0 aromatic rings. The molecule has 1 saturated heterocycles. The Morgan fingerprint density at radius 3 is 2.19 bits per heavy atom. The van der Waals surface area contributed by atoms with Crippen molar-refractivity contribution in [1.82, 2.24) is 5.32 Å². The molecular formula is C14H29NO. The van der Waals surface area contributed by atoms with Gasteiger partial charge in [-0.2, -0.15) is 0 Å². The highest BCUT2D eigenvalue weighted by atomic mass is 16.5. The van der Waals surface area contributed by atoms with Gasteiger partial charge in [-0.25, -0.2) is 0 Å². The SMILES string of the molecule is CCC1CNCC(CC(C)C)(CC(C)C)O1. The third-order valence-corrected chi connectivity index (χ3v) is 3.25. The summed E-state index contributed by atoms with van der Waals surface area (Å²) in [6.45, 7) is 13.4. The summed E-state index contributed by atoms with van der Waals surface area (Å²) in [5, 5.41) is 3.56. The Morgan fingerprint density at radius 2 is 1.75 bits per heavy atom. The van der Waals surface area contributed by atoms with Gasteiger partial charge in [-0.1, -0.05) is 34.6 Å². The van der Waals surface area contributed by atoms with Gasteiger partial charge in [-0.3, -0.25) is 0 Å². The molecule has 2 heteroatoms. The zero-order valence-electron chi connectivity index (χ0n) is 11.7. The summed E-state index contributed by atoms with van der Waals surface area (Å²) in [6.07, 6.45) is 3.88. The van der Waals surface area contributed by atoms with Crippen LogP contribution >= 0.6 is 0 Å². The van der Waals surface area contributed by atoms with Crippen LogP contribution in [0.25, 0.3) is 0 Å². The fourth-order valence-electron chi connectivity index (χ4n) is 2.94. The molecule has 0 aliphatic carbocycles. The monoisotopic (exact) mass is 227 g/mol. The molecule has 1 atom stereocenters. The Morgan fingerprint density at radius 1 is 1.19 bits per heavy atom.